The molecule has 5 heteroatoms. The molecule has 1 heterocycles. The van der Waals surface area contributed by atoms with Gasteiger partial charge in [0.2, 0.25) is 5.91 Å². The summed E-state index contributed by atoms with van der Waals surface area (Å²) in [6.07, 6.45) is 0.515. The zero-order chi connectivity index (χ0) is 13.3. The summed E-state index contributed by atoms with van der Waals surface area (Å²) in [6.45, 7) is 1.70. The first kappa shape index (κ1) is 13.0. The minimum absolute atomic E-state index is 0.0964. The zero-order valence-corrected chi connectivity index (χ0v) is 11.2. The predicted octanol–water partition coefficient (Wildman–Crippen LogP) is 2.02. The first-order valence-corrected chi connectivity index (χ1v) is 6.72. The number of anilines is 1. The Hall–Kier alpha value is -1.49. The van der Waals surface area contributed by atoms with Crippen LogP contribution in [0.2, 0.25) is 0 Å². The van der Waals surface area contributed by atoms with Gasteiger partial charge in [0.1, 0.15) is 0 Å². The molecule has 0 bridgehead atoms. The molecule has 1 N–H and O–H groups in total. The molecule has 1 aromatic carbocycles. The lowest BCUT2D eigenvalue weighted by Crippen LogP contribution is -2.31. The summed E-state index contributed by atoms with van der Waals surface area (Å²) >= 11 is 1.51. The number of thioether (sulfide) groups is 1. The molecule has 1 aromatic rings. The molecule has 0 saturated carbocycles. The monoisotopic (exact) mass is 265 g/mol. The van der Waals surface area contributed by atoms with E-state index < -0.39 is 11.9 Å². The van der Waals surface area contributed by atoms with Gasteiger partial charge in [0.25, 0.3) is 0 Å². The van der Waals surface area contributed by atoms with Gasteiger partial charge in [0.15, 0.2) is 0 Å². The number of carboxylic acid groups (broad SMARTS) is 1. The standard InChI is InChI=1S/C13H15NO3S/c1-8(13(16)17)5-9-3-4-10-11(6-9)18-7-12(15)14(10)2/h3-4,6,8H,5,7H2,1-2H3,(H,16,17). The summed E-state index contributed by atoms with van der Waals surface area (Å²) in [5.74, 6) is -0.635. The van der Waals surface area contributed by atoms with E-state index in [1.807, 2.05) is 18.2 Å². The third-order valence-electron chi connectivity index (χ3n) is 3.07. The summed E-state index contributed by atoms with van der Waals surface area (Å²) in [5, 5.41) is 8.90. The maximum atomic E-state index is 11.5. The number of amides is 1. The molecule has 1 amide bonds. The van der Waals surface area contributed by atoms with Gasteiger partial charge in [0.05, 0.1) is 17.4 Å². The Morgan fingerprint density at radius 2 is 2.28 bits per heavy atom. The number of rotatable bonds is 3. The highest BCUT2D eigenvalue weighted by Crippen LogP contribution is 2.35. The molecule has 0 aromatic heterocycles. The predicted molar refractivity (Wildman–Crippen MR) is 71.1 cm³/mol. The van der Waals surface area contributed by atoms with E-state index >= 15 is 0 Å². The second kappa shape index (κ2) is 5.02. The molecule has 2 rings (SSSR count). The molecule has 0 radical (unpaired) electrons. The fraction of sp³-hybridized carbons (Fsp3) is 0.385. The van der Waals surface area contributed by atoms with E-state index in [0.717, 1.165) is 16.1 Å². The minimum Gasteiger partial charge on any atom is -0.481 e. The van der Waals surface area contributed by atoms with Gasteiger partial charge < -0.3 is 10.0 Å². The van der Waals surface area contributed by atoms with Gasteiger partial charge in [-0.2, -0.15) is 0 Å². The molecule has 1 aliphatic heterocycles. The zero-order valence-electron chi connectivity index (χ0n) is 10.3. The number of hydrogen-bond acceptors (Lipinski definition) is 3. The van der Waals surface area contributed by atoms with Crippen molar-refractivity contribution in [2.24, 2.45) is 5.92 Å². The lowest BCUT2D eigenvalue weighted by molar-refractivity contribution is -0.141. The third kappa shape index (κ3) is 2.51. The molecular formula is C13H15NO3S. The van der Waals surface area contributed by atoms with Crippen LogP contribution in [0.4, 0.5) is 5.69 Å². The molecule has 1 unspecified atom stereocenters. The number of hydrogen-bond donors (Lipinski definition) is 1. The Balaban J connectivity index is 2.23. The van der Waals surface area contributed by atoms with Crippen molar-refractivity contribution in [2.75, 3.05) is 17.7 Å². The summed E-state index contributed by atoms with van der Waals surface area (Å²) in [6, 6.07) is 5.78. The fourth-order valence-corrected chi connectivity index (χ4v) is 2.95. The van der Waals surface area contributed by atoms with Crippen LogP contribution in [0.15, 0.2) is 23.1 Å². The van der Waals surface area contributed by atoms with Crippen LogP contribution < -0.4 is 4.90 Å². The van der Waals surface area contributed by atoms with Crippen LogP contribution in [0.3, 0.4) is 0 Å². The Kier molecular flexibility index (Phi) is 3.61. The SMILES string of the molecule is CC(Cc1ccc2c(c1)SCC(=O)N2C)C(=O)O. The molecule has 0 saturated heterocycles. The van der Waals surface area contributed by atoms with E-state index in [1.165, 1.54) is 11.8 Å². The summed E-state index contributed by atoms with van der Waals surface area (Å²) in [7, 11) is 1.76. The number of fused-ring (bicyclic) bond motifs is 1. The van der Waals surface area contributed by atoms with E-state index in [2.05, 4.69) is 0 Å². The van der Waals surface area contributed by atoms with Gasteiger partial charge in [0, 0.05) is 11.9 Å². The highest BCUT2D eigenvalue weighted by molar-refractivity contribution is 8.00. The summed E-state index contributed by atoms with van der Waals surface area (Å²) < 4.78 is 0. The Bertz CT molecular complexity index is 501. The molecule has 96 valence electrons. The lowest BCUT2D eigenvalue weighted by atomic mass is 10.0. The topological polar surface area (TPSA) is 57.6 Å². The average Bonchev–Trinajstić information content (AvgIpc) is 2.34. The van der Waals surface area contributed by atoms with Gasteiger partial charge in [-0.05, 0) is 24.1 Å². The van der Waals surface area contributed by atoms with Crippen molar-refractivity contribution in [3.8, 4) is 0 Å². The quantitative estimate of drug-likeness (QED) is 0.908. The molecule has 0 fully saturated rings. The van der Waals surface area contributed by atoms with Crippen molar-refractivity contribution in [1.29, 1.82) is 0 Å². The number of nitrogens with zero attached hydrogens (tertiary/aromatic N) is 1. The van der Waals surface area contributed by atoms with E-state index in [4.69, 9.17) is 5.11 Å². The summed E-state index contributed by atoms with van der Waals surface area (Å²) in [4.78, 5) is 25.1. The Labute approximate surface area is 110 Å². The van der Waals surface area contributed by atoms with Crippen molar-refractivity contribution in [3.05, 3.63) is 23.8 Å². The normalized spacial score (nSPS) is 16.3. The van der Waals surface area contributed by atoms with E-state index in [0.29, 0.717) is 12.2 Å². The van der Waals surface area contributed by atoms with Crippen molar-refractivity contribution in [1.82, 2.24) is 0 Å². The first-order chi connectivity index (χ1) is 8.49. The molecule has 4 nitrogen and oxygen atoms in total. The molecular weight excluding hydrogens is 250 g/mol. The molecule has 18 heavy (non-hydrogen) atoms. The van der Waals surface area contributed by atoms with Crippen LogP contribution in [0, 0.1) is 5.92 Å². The number of benzene rings is 1. The van der Waals surface area contributed by atoms with Crippen LogP contribution in [0.25, 0.3) is 0 Å². The van der Waals surface area contributed by atoms with Gasteiger partial charge in [-0.3, -0.25) is 9.59 Å². The van der Waals surface area contributed by atoms with E-state index in [-0.39, 0.29) is 5.91 Å². The van der Waals surface area contributed by atoms with Crippen molar-refractivity contribution in [2.45, 2.75) is 18.2 Å². The largest absolute Gasteiger partial charge is 0.481 e. The molecule has 0 spiro atoms. The molecule has 0 aliphatic carbocycles. The van der Waals surface area contributed by atoms with Crippen LogP contribution in [-0.2, 0) is 16.0 Å². The van der Waals surface area contributed by atoms with Gasteiger partial charge in [-0.15, -0.1) is 11.8 Å². The average molecular weight is 265 g/mol. The third-order valence-corrected chi connectivity index (χ3v) is 4.10. The van der Waals surface area contributed by atoms with Gasteiger partial charge in [-0.25, -0.2) is 0 Å². The van der Waals surface area contributed by atoms with Crippen LogP contribution in [-0.4, -0.2) is 29.8 Å². The van der Waals surface area contributed by atoms with Crippen molar-refractivity contribution >= 4 is 29.3 Å². The molecule has 1 aliphatic rings. The highest BCUT2D eigenvalue weighted by atomic mass is 32.2. The lowest BCUT2D eigenvalue weighted by Gasteiger charge is -2.25. The van der Waals surface area contributed by atoms with Gasteiger partial charge in [-0.1, -0.05) is 13.0 Å². The van der Waals surface area contributed by atoms with Crippen molar-refractivity contribution in [3.63, 3.8) is 0 Å². The Morgan fingerprint density at radius 1 is 1.56 bits per heavy atom. The second-order valence-corrected chi connectivity index (χ2v) is 5.50. The Morgan fingerprint density at radius 3 is 2.94 bits per heavy atom. The highest BCUT2D eigenvalue weighted by Gasteiger charge is 2.22. The number of carbonyl (C=O) groups is 2. The summed E-state index contributed by atoms with van der Waals surface area (Å²) in [5.41, 5.74) is 1.90. The maximum absolute atomic E-state index is 11.5. The maximum Gasteiger partial charge on any atom is 0.306 e. The van der Waals surface area contributed by atoms with Crippen LogP contribution >= 0.6 is 11.8 Å². The number of aliphatic carboxylic acids is 1. The smallest absolute Gasteiger partial charge is 0.306 e. The number of carbonyl (C=O) groups excluding carboxylic acids is 1. The van der Waals surface area contributed by atoms with E-state index in [1.54, 1.807) is 18.9 Å². The van der Waals surface area contributed by atoms with E-state index in [9.17, 15) is 9.59 Å². The van der Waals surface area contributed by atoms with Crippen LogP contribution in [0.5, 0.6) is 0 Å². The minimum atomic E-state index is -0.785. The first-order valence-electron chi connectivity index (χ1n) is 5.74. The van der Waals surface area contributed by atoms with Gasteiger partial charge >= 0.3 is 5.97 Å². The fourth-order valence-electron chi connectivity index (χ4n) is 1.89. The second-order valence-electron chi connectivity index (χ2n) is 4.49. The molecule has 1 atom stereocenters. The van der Waals surface area contributed by atoms with Crippen LogP contribution in [0.1, 0.15) is 12.5 Å². The number of carboxylic acids is 1. The van der Waals surface area contributed by atoms with Crippen molar-refractivity contribution < 1.29 is 14.7 Å².